The number of nitrogens with zero attached hydrogens (tertiary/aromatic N) is 6. The van der Waals surface area contributed by atoms with Crippen molar-refractivity contribution in [3.05, 3.63) is 59.5 Å². The van der Waals surface area contributed by atoms with Crippen molar-refractivity contribution in [3.8, 4) is 0 Å². The molecule has 0 aliphatic rings. The van der Waals surface area contributed by atoms with Crippen molar-refractivity contribution in [2.24, 2.45) is 20.4 Å². The first kappa shape index (κ1) is 29.1. The van der Waals surface area contributed by atoms with E-state index >= 15 is 0 Å². The predicted octanol–water partition coefficient (Wildman–Crippen LogP) is -0.883. The molecule has 35 heavy (non-hydrogen) atoms. The molecule has 0 unspecified atom stereocenters. The Morgan fingerprint density at radius 2 is 1.74 bits per heavy atom. The number of carboxylic acid groups (broad SMARTS) is 3. The van der Waals surface area contributed by atoms with E-state index in [1.165, 1.54) is 6.20 Å². The molecule has 0 radical (unpaired) electrons. The van der Waals surface area contributed by atoms with Crippen molar-refractivity contribution < 1.29 is 46.7 Å². The van der Waals surface area contributed by atoms with Crippen LogP contribution >= 0.6 is 0 Å². The summed E-state index contributed by atoms with van der Waals surface area (Å²) in [7, 11) is 0. The molecular weight excluding hydrogens is 480 g/mol. The van der Waals surface area contributed by atoms with Crippen LogP contribution in [0.1, 0.15) is 37.4 Å². The normalized spacial score (nSPS) is 11.9. The Morgan fingerprint density at radius 1 is 1.00 bits per heavy atom. The van der Waals surface area contributed by atoms with E-state index in [1.54, 1.807) is 41.1 Å². The molecule has 0 atom stereocenters. The molecule has 13 heteroatoms. The molecule has 0 fully saturated rings. The Hall–Kier alpha value is -3.93. The molecule has 0 aliphatic heterocycles. The number of azo groups is 1. The lowest BCUT2D eigenvalue weighted by molar-refractivity contribution is -0.592. The van der Waals surface area contributed by atoms with Crippen molar-refractivity contribution in [2.45, 2.75) is 45.6 Å². The lowest BCUT2D eigenvalue weighted by Gasteiger charge is -2.09. The van der Waals surface area contributed by atoms with Crippen LogP contribution in [0.25, 0.3) is 0 Å². The number of aryl methyl sites for hydroxylation is 2. The molecule has 0 aromatic carbocycles. The number of aliphatic carboxylic acids is 2. The lowest BCUT2D eigenvalue weighted by Crippen LogP contribution is -3.00. The smallest absolute Gasteiger partial charge is 0.599 e. The fraction of sp³-hybridized carbons (Fsp3) is 0.364. The van der Waals surface area contributed by atoms with Crippen LogP contribution < -0.4 is 22.5 Å². The van der Waals surface area contributed by atoms with Gasteiger partial charge in [0.15, 0.2) is 23.2 Å². The second kappa shape index (κ2) is 15.1. The Morgan fingerprint density at radius 3 is 2.40 bits per heavy atom. The van der Waals surface area contributed by atoms with Crippen LogP contribution in [0, 0.1) is 0 Å². The van der Waals surface area contributed by atoms with Crippen LogP contribution in [0.2, 0.25) is 0 Å². The maximum absolute atomic E-state index is 11.3. The van der Waals surface area contributed by atoms with Crippen LogP contribution in [-0.2, 0) is 29.0 Å². The second-order valence-corrected chi connectivity index (χ2v) is 7.12. The molecule has 0 bridgehead atoms. The zero-order chi connectivity index (χ0) is 24.9. The van der Waals surface area contributed by atoms with Gasteiger partial charge in [-0.2, -0.15) is 9.91 Å². The first-order valence-electron chi connectivity index (χ1n) is 10.6. The highest BCUT2D eigenvalue weighted by Crippen LogP contribution is 2.01. The quantitative estimate of drug-likeness (QED) is 0.117. The summed E-state index contributed by atoms with van der Waals surface area (Å²) < 4.78 is 2.73. The third-order valence-corrected chi connectivity index (χ3v) is 4.68. The van der Waals surface area contributed by atoms with Crippen LogP contribution in [0.15, 0.2) is 63.2 Å². The maximum atomic E-state index is 11.3. The molecule has 3 N–H and O–H groups in total. The number of halogens is 1. The minimum absolute atomic E-state index is 0. The van der Waals surface area contributed by atoms with Crippen LogP contribution in [0.4, 0.5) is 4.79 Å². The molecule has 12 nitrogen and oxygen atoms in total. The molecule has 0 spiro atoms. The number of carboxylic acids is 2. The molecule has 0 saturated heterocycles. The molecule has 0 saturated carbocycles. The Labute approximate surface area is 207 Å². The summed E-state index contributed by atoms with van der Waals surface area (Å²) in [6, 6.07) is 8.48. The van der Waals surface area contributed by atoms with E-state index in [-0.39, 0.29) is 44.8 Å². The summed E-state index contributed by atoms with van der Waals surface area (Å²) in [5.74, 6) is -1.61. The number of carbonyl (C=O) groups is 3. The molecular formula is C22H27ClN6O6. The van der Waals surface area contributed by atoms with Gasteiger partial charge in [0.2, 0.25) is 0 Å². The van der Waals surface area contributed by atoms with Gasteiger partial charge in [0.25, 0.3) is 0 Å². The van der Waals surface area contributed by atoms with Crippen molar-refractivity contribution in [2.75, 3.05) is 6.54 Å². The lowest BCUT2D eigenvalue weighted by atomic mass is 10.1. The maximum Gasteiger partial charge on any atom is 0.599 e. The average Bonchev–Trinajstić information content (AvgIpc) is 2.81. The minimum Gasteiger partial charge on any atom is -1.00 e. The highest BCUT2D eigenvalue weighted by Gasteiger charge is 2.17. The average molecular weight is 507 g/mol. The van der Waals surface area contributed by atoms with Gasteiger partial charge < -0.3 is 32.3 Å². The molecule has 0 aliphatic carbocycles. The van der Waals surface area contributed by atoms with Gasteiger partial charge in [-0.1, -0.05) is 23.6 Å². The van der Waals surface area contributed by atoms with Gasteiger partial charge in [-0.05, 0) is 18.1 Å². The van der Waals surface area contributed by atoms with Gasteiger partial charge in [0, 0.05) is 37.7 Å². The van der Waals surface area contributed by atoms with Gasteiger partial charge in [0.05, 0.1) is 19.4 Å². The predicted molar refractivity (Wildman–Crippen MR) is 119 cm³/mol. The topological polar surface area (TPSA) is 170 Å². The van der Waals surface area contributed by atoms with E-state index in [9.17, 15) is 19.5 Å². The Bertz CT molecular complexity index is 1120. The summed E-state index contributed by atoms with van der Waals surface area (Å²) in [6.45, 7) is 2.20. The van der Waals surface area contributed by atoms with Crippen molar-refractivity contribution >= 4 is 23.9 Å². The van der Waals surface area contributed by atoms with Gasteiger partial charge in [-0.25, -0.2) is 0 Å². The van der Waals surface area contributed by atoms with Gasteiger partial charge >= 0.3 is 18.0 Å². The summed E-state index contributed by atoms with van der Waals surface area (Å²) in [5.41, 5.74) is 1.55. The summed E-state index contributed by atoms with van der Waals surface area (Å²) in [4.78, 5) is 33.3. The van der Waals surface area contributed by atoms with Gasteiger partial charge in [-0.3, -0.25) is 9.59 Å². The number of aromatic nitrogens is 2. The number of hydrogen-bond donors (Lipinski definition) is 3. The SMILES string of the molecule is CCC(N=NCCc1cccc[n+]1C(=O)O)=NN=c1c(CCC(=O)O)cccn1CCC(=O)O.[Cl-]. The van der Waals surface area contributed by atoms with Gasteiger partial charge in [-0.15, -0.1) is 15.3 Å². The fourth-order valence-electron chi connectivity index (χ4n) is 2.98. The van der Waals surface area contributed by atoms with E-state index < -0.39 is 18.0 Å². The Balaban J connectivity index is 0.00000612. The third kappa shape index (κ3) is 9.84. The van der Waals surface area contributed by atoms with Crippen LogP contribution in [0.5, 0.6) is 0 Å². The minimum atomic E-state index is -1.08. The number of hydrogen-bond acceptors (Lipinski definition) is 6. The first-order valence-corrected chi connectivity index (χ1v) is 10.6. The standard InChI is InChI=1S/C22H26N6O6.ClH/c1-2-18(24-23-12-10-17-7-3-4-14-28(17)22(33)34)25-26-21-16(8-9-19(29)30)6-5-13-27(21)15-11-20(31)32;/h3-7,13-14H,2,8-12,15H2,1H3,(H2-,29,30,31,32,33,34);1H. The fourth-order valence-corrected chi connectivity index (χ4v) is 2.98. The second-order valence-electron chi connectivity index (χ2n) is 7.12. The number of rotatable bonds is 11. The molecule has 2 aromatic rings. The molecule has 0 amide bonds. The number of amidine groups is 1. The van der Waals surface area contributed by atoms with Crippen LogP contribution in [0.3, 0.4) is 0 Å². The van der Waals surface area contributed by atoms with Crippen molar-refractivity contribution in [1.82, 2.24) is 4.57 Å². The van der Waals surface area contributed by atoms with Crippen molar-refractivity contribution in [1.29, 1.82) is 0 Å². The van der Waals surface area contributed by atoms with E-state index in [1.807, 2.05) is 6.92 Å². The van der Waals surface area contributed by atoms with E-state index in [4.69, 9.17) is 10.2 Å². The monoisotopic (exact) mass is 506 g/mol. The number of pyridine rings is 2. The van der Waals surface area contributed by atoms with E-state index in [2.05, 4.69) is 20.4 Å². The first-order chi connectivity index (χ1) is 16.3. The highest BCUT2D eigenvalue weighted by atomic mass is 35.5. The highest BCUT2D eigenvalue weighted by molar-refractivity contribution is 5.81. The molecule has 188 valence electrons. The Kier molecular flexibility index (Phi) is 12.5. The summed E-state index contributed by atoms with van der Waals surface area (Å²) in [5, 5.41) is 43.8. The van der Waals surface area contributed by atoms with Gasteiger partial charge in [0.1, 0.15) is 0 Å². The van der Waals surface area contributed by atoms with E-state index in [0.717, 1.165) is 4.57 Å². The van der Waals surface area contributed by atoms with E-state index in [0.29, 0.717) is 35.4 Å². The molecule has 2 rings (SSSR count). The summed E-state index contributed by atoms with van der Waals surface area (Å²) in [6.07, 6.45) is 2.78. The molecule has 2 heterocycles. The largest absolute Gasteiger partial charge is 1.00 e. The summed E-state index contributed by atoms with van der Waals surface area (Å²) >= 11 is 0. The van der Waals surface area contributed by atoms with Crippen LogP contribution in [-0.4, -0.2) is 50.3 Å². The van der Waals surface area contributed by atoms with Crippen molar-refractivity contribution in [3.63, 3.8) is 0 Å². The zero-order valence-corrected chi connectivity index (χ0v) is 19.9. The zero-order valence-electron chi connectivity index (χ0n) is 19.1. The molecule has 2 aromatic heterocycles. The third-order valence-electron chi connectivity index (χ3n) is 4.68.